The Hall–Kier alpha value is -2.76. The lowest BCUT2D eigenvalue weighted by Crippen LogP contribution is -2.25. The summed E-state index contributed by atoms with van der Waals surface area (Å²) in [5, 5.41) is 2.86. The molecule has 2 aromatic heterocycles. The van der Waals surface area contributed by atoms with Crippen LogP contribution in [0.4, 0.5) is 0 Å². The van der Waals surface area contributed by atoms with E-state index in [2.05, 4.69) is 20.3 Å². The minimum absolute atomic E-state index is 0.143. The molecule has 0 spiro atoms. The minimum Gasteiger partial charge on any atom is -0.446 e. The van der Waals surface area contributed by atoms with Crippen LogP contribution in [0.1, 0.15) is 33.4 Å². The first kappa shape index (κ1) is 15.1. The highest BCUT2D eigenvalue weighted by Crippen LogP contribution is 2.14. The van der Waals surface area contributed by atoms with Gasteiger partial charge in [-0.2, -0.15) is 0 Å². The zero-order valence-corrected chi connectivity index (χ0v) is 13.4. The van der Waals surface area contributed by atoms with Crippen LogP contribution in [-0.4, -0.2) is 27.4 Å². The number of carbonyl (C=O) groups excluding carboxylic acids is 1. The molecule has 3 rings (SSSR count). The van der Waals surface area contributed by atoms with E-state index < -0.39 is 0 Å². The first-order chi connectivity index (χ1) is 11.0. The second-order valence-electron chi connectivity index (χ2n) is 5.47. The number of nitrogens with one attached hydrogen (secondary N) is 1. The van der Waals surface area contributed by atoms with Gasteiger partial charge in [0.05, 0.1) is 28.6 Å². The molecular formula is C17H18N4O2. The van der Waals surface area contributed by atoms with Crippen LogP contribution >= 0.6 is 0 Å². The van der Waals surface area contributed by atoms with E-state index in [1.807, 2.05) is 26.8 Å². The van der Waals surface area contributed by atoms with Crippen molar-refractivity contribution in [1.29, 1.82) is 0 Å². The summed E-state index contributed by atoms with van der Waals surface area (Å²) in [7, 11) is 0. The van der Waals surface area contributed by atoms with E-state index >= 15 is 0 Å². The summed E-state index contributed by atoms with van der Waals surface area (Å²) >= 11 is 0. The Kier molecular flexibility index (Phi) is 4.06. The molecule has 23 heavy (non-hydrogen) atoms. The Balaban J connectivity index is 1.69. The number of hydrogen-bond donors (Lipinski definition) is 1. The molecule has 0 saturated carbocycles. The molecule has 0 aliphatic rings. The molecule has 1 aromatic carbocycles. The third-order valence-electron chi connectivity index (χ3n) is 3.63. The Labute approximate surface area is 134 Å². The second-order valence-corrected chi connectivity index (χ2v) is 5.47. The summed E-state index contributed by atoms with van der Waals surface area (Å²) in [5.74, 6) is 1.25. The molecule has 2 heterocycles. The van der Waals surface area contributed by atoms with Crippen LogP contribution in [0.3, 0.4) is 0 Å². The predicted molar refractivity (Wildman–Crippen MR) is 86.3 cm³/mol. The predicted octanol–water partition coefficient (Wildman–Crippen LogP) is 2.52. The standard InChI is InChI=1S/C17H18N4O2/c1-10-9-19-16(23-10)6-7-18-17(22)13-4-5-14-15(8-13)21-12(3)11(2)20-14/h4-5,8-9H,6-7H2,1-3H3,(H,18,22). The number of benzene rings is 1. The van der Waals surface area contributed by atoms with Crippen LogP contribution in [0.25, 0.3) is 11.0 Å². The van der Waals surface area contributed by atoms with E-state index in [4.69, 9.17) is 4.42 Å². The van der Waals surface area contributed by atoms with Gasteiger partial charge in [0.15, 0.2) is 5.89 Å². The van der Waals surface area contributed by atoms with E-state index in [1.165, 1.54) is 0 Å². The van der Waals surface area contributed by atoms with E-state index in [0.29, 0.717) is 24.4 Å². The van der Waals surface area contributed by atoms with Crippen LogP contribution in [-0.2, 0) is 6.42 Å². The number of amides is 1. The molecule has 0 radical (unpaired) electrons. The van der Waals surface area contributed by atoms with Crippen molar-refractivity contribution >= 4 is 16.9 Å². The average molecular weight is 310 g/mol. The van der Waals surface area contributed by atoms with Crippen molar-refractivity contribution in [2.45, 2.75) is 27.2 Å². The number of aryl methyl sites for hydroxylation is 3. The van der Waals surface area contributed by atoms with Gasteiger partial charge in [-0.05, 0) is 39.0 Å². The lowest BCUT2D eigenvalue weighted by Gasteiger charge is -2.06. The maximum atomic E-state index is 12.2. The summed E-state index contributed by atoms with van der Waals surface area (Å²) in [5.41, 5.74) is 3.85. The fourth-order valence-corrected chi connectivity index (χ4v) is 2.27. The van der Waals surface area contributed by atoms with Crippen LogP contribution < -0.4 is 5.32 Å². The highest BCUT2D eigenvalue weighted by atomic mass is 16.4. The van der Waals surface area contributed by atoms with Crippen molar-refractivity contribution in [2.24, 2.45) is 0 Å². The van der Waals surface area contributed by atoms with Crippen LogP contribution in [0.15, 0.2) is 28.8 Å². The number of oxazole rings is 1. The monoisotopic (exact) mass is 310 g/mol. The normalized spacial score (nSPS) is 10.9. The summed E-state index contributed by atoms with van der Waals surface area (Å²) in [4.78, 5) is 25.3. The number of hydrogen-bond acceptors (Lipinski definition) is 5. The SMILES string of the molecule is Cc1cnc(CCNC(=O)c2ccc3nc(C)c(C)nc3c2)o1. The molecule has 118 valence electrons. The highest BCUT2D eigenvalue weighted by Gasteiger charge is 2.09. The topological polar surface area (TPSA) is 80.9 Å². The van der Waals surface area contributed by atoms with Gasteiger partial charge in [0.2, 0.25) is 0 Å². The number of aromatic nitrogens is 3. The molecule has 0 aliphatic heterocycles. The quantitative estimate of drug-likeness (QED) is 0.801. The zero-order chi connectivity index (χ0) is 16.4. The van der Waals surface area contributed by atoms with Gasteiger partial charge in [0.1, 0.15) is 5.76 Å². The van der Waals surface area contributed by atoms with Gasteiger partial charge in [-0.25, -0.2) is 15.0 Å². The lowest BCUT2D eigenvalue weighted by atomic mass is 10.1. The summed E-state index contributed by atoms with van der Waals surface area (Å²) < 4.78 is 5.37. The van der Waals surface area contributed by atoms with Crippen molar-refractivity contribution in [1.82, 2.24) is 20.3 Å². The highest BCUT2D eigenvalue weighted by molar-refractivity contribution is 5.97. The number of rotatable bonds is 4. The molecule has 6 heteroatoms. The molecular weight excluding hydrogens is 292 g/mol. The Morgan fingerprint density at radius 3 is 2.57 bits per heavy atom. The lowest BCUT2D eigenvalue weighted by molar-refractivity contribution is 0.0953. The van der Waals surface area contributed by atoms with Gasteiger partial charge in [0, 0.05) is 18.5 Å². The van der Waals surface area contributed by atoms with Crippen LogP contribution in [0.2, 0.25) is 0 Å². The van der Waals surface area contributed by atoms with Gasteiger partial charge in [-0.3, -0.25) is 4.79 Å². The number of nitrogens with zero attached hydrogens (tertiary/aromatic N) is 3. The molecule has 6 nitrogen and oxygen atoms in total. The van der Waals surface area contributed by atoms with Gasteiger partial charge in [-0.1, -0.05) is 0 Å². The van der Waals surface area contributed by atoms with E-state index in [9.17, 15) is 4.79 Å². The molecule has 0 unspecified atom stereocenters. The Bertz CT molecular complexity index is 870. The van der Waals surface area contributed by atoms with Crippen molar-refractivity contribution in [3.8, 4) is 0 Å². The molecule has 1 amide bonds. The van der Waals surface area contributed by atoms with Crippen molar-refractivity contribution in [3.05, 3.63) is 53.0 Å². The Morgan fingerprint density at radius 2 is 1.87 bits per heavy atom. The number of carbonyl (C=O) groups is 1. The van der Waals surface area contributed by atoms with Crippen molar-refractivity contribution in [2.75, 3.05) is 6.54 Å². The summed E-state index contributed by atoms with van der Waals surface area (Å²) in [6.07, 6.45) is 2.23. The van der Waals surface area contributed by atoms with E-state index in [1.54, 1.807) is 18.3 Å². The Morgan fingerprint density at radius 1 is 1.13 bits per heavy atom. The van der Waals surface area contributed by atoms with Gasteiger partial charge < -0.3 is 9.73 Å². The molecule has 3 aromatic rings. The first-order valence-electron chi connectivity index (χ1n) is 7.47. The maximum absolute atomic E-state index is 12.2. The van der Waals surface area contributed by atoms with Crippen LogP contribution in [0, 0.1) is 20.8 Å². The first-order valence-corrected chi connectivity index (χ1v) is 7.47. The largest absolute Gasteiger partial charge is 0.446 e. The fourth-order valence-electron chi connectivity index (χ4n) is 2.27. The van der Waals surface area contributed by atoms with Gasteiger partial charge >= 0.3 is 0 Å². The smallest absolute Gasteiger partial charge is 0.251 e. The molecule has 0 atom stereocenters. The van der Waals surface area contributed by atoms with Crippen molar-refractivity contribution in [3.63, 3.8) is 0 Å². The third-order valence-corrected chi connectivity index (χ3v) is 3.63. The minimum atomic E-state index is -0.143. The molecule has 0 fully saturated rings. The summed E-state index contributed by atoms with van der Waals surface area (Å²) in [6.45, 7) is 6.14. The molecule has 0 saturated heterocycles. The summed E-state index contributed by atoms with van der Waals surface area (Å²) in [6, 6.07) is 5.34. The third kappa shape index (κ3) is 3.36. The van der Waals surface area contributed by atoms with Gasteiger partial charge in [-0.15, -0.1) is 0 Å². The number of fused-ring (bicyclic) bond motifs is 1. The second kappa shape index (κ2) is 6.16. The van der Waals surface area contributed by atoms with E-state index in [-0.39, 0.29) is 5.91 Å². The van der Waals surface area contributed by atoms with Crippen LogP contribution in [0.5, 0.6) is 0 Å². The molecule has 0 bridgehead atoms. The maximum Gasteiger partial charge on any atom is 0.251 e. The van der Waals surface area contributed by atoms with Crippen molar-refractivity contribution < 1.29 is 9.21 Å². The fraction of sp³-hybridized carbons (Fsp3) is 0.294. The van der Waals surface area contributed by atoms with Gasteiger partial charge in [0.25, 0.3) is 5.91 Å². The average Bonchev–Trinajstić information content (AvgIpc) is 2.93. The molecule has 0 aliphatic carbocycles. The van der Waals surface area contributed by atoms with E-state index in [0.717, 1.165) is 28.2 Å². The molecule has 1 N–H and O–H groups in total. The zero-order valence-electron chi connectivity index (χ0n) is 13.4.